The second kappa shape index (κ2) is 5.36. The van der Waals surface area contributed by atoms with Crippen LogP contribution >= 0.6 is 0 Å². The van der Waals surface area contributed by atoms with Crippen molar-refractivity contribution in [1.29, 1.82) is 0 Å². The molecule has 0 unspecified atom stereocenters. The largest absolute Gasteiger partial charge is 0.496 e. The Labute approximate surface area is 89.4 Å². The topological polar surface area (TPSA) is 38.8 Å². The van der Waals surface area contributed by atoms with Crippen LogP contribution in [0.2, 0.25) is 0 Å². The number of hydroxylamine groups is 2. The first-order valence-corrected chi connectivity index (χ1v) is 4.61. The van der Waals surface area contributed by atoms with E-state index in [0.717, 1.165) is 11.3 Å². The van der Waals surface area contributed by atoms with Crippen molar-refractivity contribution in [2.24, 2.45) is 0 Å². The fourth-order valence-electron chi connectivity index (χ4n) is 1.23. The molecule has 0 spiro atoms. The van der Waals surface area contributed by atoms with E-state index in [1.807, 2.05) is 24.3 Å². The summed E-state index contributed by atoms with van der Waals surface area (Å²) in [6.07, 6.45) is 0.272. The molecule has 0 saturated carbocycles. The van der Waals surface area contributed by atoms with Crippen LogP contribution in [0.5, 0.6) is 5.75 Å². The standard InChI is InChI=1S/C11H15NO3/c1-12(15-3)11(13)8-9-6-4-5-7-10(9)14-2/h4-7H,8H2,1-3H3. The van der Waals surface area contributed by atoms with Crippen LogP contribution < -0.4 is 4.74 Å². The third-order valence-corrected chi connectivity index (χ3v) is 2.16. The number of ether oxygens (including phenoxy) is 1. The number of hydrogen-bond acceptors (Lipinski definition) is 3. The molecular formula is C11H15NO3. The lowest BCUT2D eigenvalue weighted by molar-refractivity contribution is -0.167. The van der Waals surface area contributed by atoms with Gasteiger partial charge in [-0.3, -0.25) is 9.63 Å². The molecule has 0 fully saturated rings. The maximum atomic E-state index is 11.6. The Hall–Kier alpha value is -1.55. The lowest BCUT2D eigenvalue weighted by Crippen LogP contribution is -2.27. The Morgan fingerprint density at radius 2 is 2.00 bits per heavy atom. The maximum Gasteiger partial charge on any atom is 0.250 e. The van der Waals surface area contributed by atoms with Crippen molar-refractivity contribution < 1.29 is 14.4 Å². The highest BCUT2D eigenvalue weighted by atomic mass is 16.7. The summed E-state index contributed by atoms with van der Waals surface area (Å²) in [6.45, 7) is 0. The van der Waals surface area contributed by atoms with Crippen LogP contribution in [-0.2, 0) is 16.1 Å². The molecule has 0 N–H and O–H groups in total. The van der Waals surface area contributed by atoms with Crippen molar-refractivity contribution in [3.8, 4) is 5.75 Å². The Kier molecular flexibility index (Phi) is 4.12. The van der Waals surface area contributed by atoms with Crippen LogP contribution in [0, 0.1) is 0 Å². The van der Waals surface area contributed by atoms with Crippen LogP contribution in [0.15, 0.2) is 24.3 Å². The average Bonchev–Trinajstić information content (AvgIpc) is 2.28. The fraction of sp³-hybridized carbons (Fsp3) is 0.364. The lowest BCUT2D eigenvalue weighted by Gasteiger charge is -2.14. The number of rotatable bonds is 4. The summed E-state index contributed by atoms with van der Waals surface area (Å²) in [5, 5.41) is 1.20. The predicted molar refractivity (Wildman–Crippen MR) is 56.5 cm³/mol. The molecule has 0 bridgehead atoms. The summed E-state index contributed by atoms with van der Waals surface area (Å²) in [4.78, 5) is 16.4. The normalized spacial score (nSPS) is 9.80. The summed E-state index contributed by atoms with van der Waals surface area (Å²) in [5.74, 6) is 0.609. The van der Waals surface area contributed by atoms with Crippen molar-refractivity contribution in [1.82, 2.24) is 5.06 Å². The number of methoxy groups -OCH3 is 1. The molecule has 0 atom stereocenters. The smallest absolute Gasteiger partial charge is 0.250 e. The first-order valence-electron chi connectivity index (χ1n) is 4.61. The molecule has 0 heterocycles. The van der Waals surface area contributed by atoms with Gasteiger partial charge in [-0.15, -0.1) is 0 Å². The number of carbonyl (C=O) groups excluding carboxylic acids is 1. The average molecular weight is 209 g/mol. The molecule has 15 heavy (non-hydrogen) atoms. The van der Waals surface area contributed by atoms with Crippen LogP contribution in [0.3, 0.4) is 0 Å². The summed E-state index contributed by atoms with van der Waals surface area (Å²) >= 11 is 0. The zero-order chi connectivity index (χ0) is 11.3. The molecule has 4 heteroatoms. The van der Waals surface area contributed by atoms with Crippen molar-refractivity contribution in [2.75, 3.05) is 21.3 Å². The van der Waals surface area contributed by atoms with Crippen molar-refractivity contribution >= 4 is 5.91 Å². The van der Waals surface area contributed by atoms with Crippen molar-refractivity contribution in [2.45, 2.75) is 6.42 Å². The van der Waals surface area contributed by atoms with Gasteiger partial charge in [0.05, 0.1) is 20.6 Å². The fourth-order valence-corrected chi connectivity index (χ4v) is 1.23. The van der Waals surface area contributed by atoms with E-state index in [4.69, 9.17) is 9.57 Å². The van der Waals surface area contributed by atoms with E-state index in [2.05, 4.69) is 0 Å². The third-order valence-electron chi connectivity index (χ3n) is 2.16. The van der Waals surface area contributed by atoms with E-state index in [-0.39, 0.29) is 12.3 Å². The van der Waals surface area contributed by atoms with Gasteiger partial charge >= 0.3 is 0 Å². The number of amides is 1. The second-order valence-electron chi connectivity index (χ2n) is 3.06. The predicted octanol–water partition coefficient (Wildman–Crippen LogP) is 1.26. The molecule has 82 valence electrons. The van der Waals surface area contributed by atoms with E-state index in [9.17, 15) is 4.79 Å². The van der Waals surface area contributed by atoms with Gasteiger partial charge < -0.3 is 4.74 Å². The van der Waals surface area contributed by atoms with Crippen molar-refractivity contribution in [3.05, 3.63) is 29.8 Å². The number of benzene rings is 1. The molecular weight excluding hydrogens is 194 g/mol. The molecule has 0 aliphatic rings. The molecule has 4 nitrogen and oxygen atoms in total. The summed E-state index contributed by atoms with van der Waals surface area (Å²) in [7, 11) is 4.63. The van der Waals surface area contributed by atoms with Gasteiger partial charge in [0.15, 0.2) is 0 Å². The first-order chi connectivity index (χ1) is 7.19. The Balaban J connectivity index is 2.76. The van der Waals surface area contributed by atoms with Gasteiger partial charge in [-0.05, 0) is 6.07 Å². The maximum absolute atomic E-state index is 11.6. The number of hydrogen-bond donors (Lipinski definition) is 0. The van der Waals surface area contributed by atoms with Gasteiger partial charge in [-0.1, -0.05) is 18.2 Å². The Morgan fingerprint density at radius 1 is 1.33 bits per heavy atom. The minimum atomic E-state index is -0.109. The van der Waals surface area contributed by atoms with Gasteiger partial charge in [-0.2, -0.15) is 0 Å². The highest BCUT2D eigenvalue weighted by molar-refractivity contribution is 5.78. The quantitative estimate of drug-likeness (QED) is 0.701. The lowest BCUT2D eigenvalue weighted by atomic mass is 10.1. The molecule has 0 saturated heterocycles. The first kappa shape index (κ1) is 11.5. The molecule has 0 radical (unpaired) electrons. The van der Waals surface area contributed by atoms with Gasteiger partial charge in [0, 0.05) is 12.6 Å². The van der Waals surface area contributed by atoms with E-state index < -0.39 is 0 Å². The Bertz CT molecular complexity index is 338. The molecule has 0 aliphatic carbocycles. The molecule has 0 aliphatic heterocycles. The minimum Gasteiger partial charge on any atom is -0.496 e. The number of nitrogens with zero attached hydrogens (tertiary/aromatic N) is 1. The minimum absolute atomic E-state index is 0.109. The molecule has 0 aromatic heterocycles. The van der Waals surface area contributed by atoms with E-state index >= 15 is 0 Å². The van der Waals surface area contributed by atoms with Gasteiger partial charge in [0.1, 0.15) is 5.75 Å². The summed E-state index contributed by atoms with van der Waals surface area (Å²) in [6, 6.07) is 7.43. The molecule has 1 aromatic rings. The second-order valence-corrected chi connectivity index (χ2v) is 3.06. The molecule has 1 rings (SSSR count). The number of likely N-dealkylation sites (N-methyl/N-ethyl adjacent to an activating group) is 1. The third kappa shape index (κ3) is 2.95. The van der Waals surface area contributed by atoms with Crippen LogP contribution in [0.4, 0.5) is 0 Å². The highest BCUT2D eigenvalue weighted by Crippen LogP contribution is 2.18. The van der Waals surface area contributed by atoms with Crippen LogP contribution in [0.25, 0.3) is 0 Å². The van der Waals surface area contributed by atoms with Gasteiger partial charge in [-0.25, -0.2) is 5.06 Å². The number of carbonyl (C=O) groups is 1. The summed E-state index contributed by atoms with van der Waals surface area (Å²) in [5.41, 5.74) is 0.855. The van der Waals surface area contributed by atoms with Gasteiger partial charge in [0.2, 0.25) is 5.91 Å². The Morgan fingerprint density at radius 3 is 2.60 bits per heavy atom. The zero-order valence-electron chi connectivity index (χ0n) is 9.19. The molecule has 1 amide bonds. The van der Waals surface area contributed by atoms with Crippen LogP contribution in [-0.4, -0.2) is 32.2 Å². The molecule has 1 aromatic carbocycles. The monoisotopic (exact) mass is 209 g/mol. The van der Waals surface area contributed by atoms with Crippen LogP contribution in [0.1, 0.15) is 5.56 Å². The van der Waals surface area contributed by atoms with E-state index in [1.54, 1.807) is 14.2 Å². The summed E-state index contributed by atoms with van der Waals surface area (Å²) < 4.78 is 5.15. The zero-order valence-corrected chi connectivity index (χ0v) is 9.19. The van der Waals surface area contributed by atoms with E-state index in [1.165, 1.54) is 12.2 Å². The van der Waals surface area contributed by atoms with Gasteiger partial charge in [0.25, 0.3) is 0 Å². The van der Waals surface area contributed by atoms with E-state index in [0.29, 0.717) is 0 Å². The SMILES string of the molecule is COc1ccccc1CC(=O)N(C)OC. The highest BCUT2D eigenvalue weighted by Gasteiger charge is 2.11. The van der Waals surface area contributed by atoms with Crippen molar-refractivity contribution in [3.63, 3.8) is 0 Å². The number of para-hydroxylation sites is 1.